The number of benzene rings is 1. The van der Waals surface area contributed by atoms with Gasteiger partial charge < -0.3 is 16.2 Å². The average Bonchev–Trinajstić information content (AvgIpc) is 2.39. The van der Waals surface area contributed by atoms with Crippen LogP contribution in [0.2, 0.25) is 0 Å². The molecule has 20 heavy (non-hydrogen) atoms. The third-order valence-corrected chi connectivity index (χ3v) is 3.56. The second kappa shape index (κ2) is 6.95. The summed E-state index contributed by atoms with van der Waals surface area (Å²) >= 11 is 0. The largest absolute Gasteiger partial charge is 0.496 e. The Morgan fingerprint density at radius 3 is 2.25 bits per heavy atom. The molecule has 1 aromatic rings. The molecule has 3 nitrogen and oxygen atoms in total. The average molecular weight is 290 g/mol. The zero-order valence-electron chi connectivity index (χ0n) is 11.7. The lowest BCUT2D eigenvalue weighted by molar-refractivity contribution is -0.137. The molecule has 0 amide bonds. The fourth-order valence-corrected chi connectivity index (χ4v) is 2.19. The molecule has 1 rings (SSSR count). The number of nitrogens with two attached hydrogens (primary N) is 2. The van der Waals surface area contributed by atoms with Crippen molar-refractivity contribution in [1.29, 1.82) is 0 Å². The van der Waals surface area contributed by atoms with Gasteiger partial charge in [0.25, 0.3) is 0 Å². The summed E-state index contributed by atoms with van der Waals surface area (Å²) in [4.78, 5) is 0. The SMILES string of the molecule is COc1ccc(C(F)(F)F)cc1CC(C)C(CN)CN. The van der Waals surface area contributed by atoms with Crippen molar-refractivity contribution in [2.75, 3.05) is 20.2 Å². The molecule has 1 atom stereocenters. The molecule has 0 bridgehead atoms. The maximum atomic E-state index is 12.8. The van der Waals surface area contributed by atoms with Crippen LogP contribution in [-0.2, 0) is 12.6 Å². The van der Waals surface area contributed by atoms with Crippen LogP contribution in [0, 0.1) is 11.8 Å². The highest BCUT2D eigenvalue weighted by atomic mass is 19.4. The van der Waals surface area contributed by atoms with E-state index < -0.39 is 11.7 Å². The lowest BCUT2D eigenvalue weighted by Crippen LogP contribution is -2.30. The van der Waals surface area contributed by atoms with Gasteiger partial charge in [0.15, 0.2) is 0 Å². The van der Waals surface area contributed by atoms with Crippen LogP contribution in [0.15, 0.2) is 18.2 Å². The lowest BCUT2D eigenvalue weighted by atomic mass is 9.87. The maximum Gasteiger partial charge on any atom is 0.416 e. The van der Waals surface area contributed by atoms with Crippen LogP contribution in [0.5, 0.6) is 5.75 Å². The Hall–Kier alpha value is -1.27. The topological polar surface area (TPSA) is 61.3 Å². The van der Waals surface area contributed by atoms with E-state index in [1.54, 1.807) is 0 Å². The standard InChI is InChI=1S/C14H21F3N2O/c1-9(11(7-18)8-19)5-10-6-12(14(15,16)17)3-4-13(10)20-2/h3-4,6,9,11H,5,7-8,18-19H2,1-2H3. The molecule has 0 saturated carbocycles. The highest BCUT2D eigenvalue weighted by Crippen LogP contribution is 2.33. The normalized spacial score (nSPS) is 13.6. The van der Waals surface area contributed by atoms with E-state index in [9.17, 15) is 13.2 Å². The molecule has 0 aromatic heterocycles. The summed E-state index contributed by atoms with van der Waals surface area (Å²) in [7, 11) is 1.44. The van der Waals surface area contributed by atoms with Crippen LogP contribution in [-0.4, -0.2) is 20.2 Å². The van der Waals surface area contributed by atoms with Crippen LogP contribution in [0.4, 0.5) is 13.2 Å². The van der Waals surface area contributed by atoms with E-state index in [0.29, 0.717) is 30.8 Å². The molecule has 0 aliphatic carbocycles. The lowest BCUT2D eigenvalue weighted by Gasteiger charge is -2.22. The summed E-state index contributed by atoms with van der Waals surface area (Å²) in [5, 5.41) is 0. The number of hydrogen-bond donors (Lipinski definition) is 2. The van der Waals surface area contributed by atoms with Crippen molar-refractivity contribution in [2.24, 2.45) is 23.3 Å². The molecule has 0 radical (unpaired) electrons. The van der Waals surface area contributed by atoms with Crippen molar-refractivity contribution in [3.8, 4) is 5.75 Å². The van der Waals surface area contributed by atoms with E-state index in [0.717, 1.165) is 12.1 Å². The predicted molar refractivity (Wildman–Crippen MR) is 72.5 cm³/mol. The molecule has 6 heteroatoms. The Labute approximate surface area is 117 Å². The van der Waals surface area contributed by atoms with Gasteiger partial charge in [0.1, 0.15) is 5.75 Å². The Bertz CT molecular complexity index is 431. The highest BCUT2D eigenvalue weighted by Gasteiger charge is 2.31. The Morgan fingerprint density at radius 2 is 1.80 bits per heavy atom. The Kier molecular flexibility index (Phi) is 5.83. The Morgan fingerprint density at radius 1 is 1.20 bits per heavy atom. The summed E-state index contributed by atoms with van der Waals surface area (Å²) in [5.41, 5.74) is 11.1. The second-order valence-electron chi connectivity index (χ2n) is 4.94. The minimum atomic E-state index is -4.36. The number of methoxy groups -OCH3 is 1. The molecular weight excluding hydrogens is 269 g/mol. The number of alkyl halides is 3. The first-order valence-corrected chi connectivity index (χ1v) is 6.47. The van der Waals surface area contributed by atoms with Gasteiger partial charge in [-0.15, -0.1) is 0 Å². The van der Waals surface area contributed by atoms with Crippen LogP contribution >= 0.6 is 0 Å². The predicted octanol–water partition coefficient (Wildman–Crippen LogP) is 2.43. The van der Waals surface area contributed by atoms with Crippen molar-refractivity contribution >= 4 is 0 Å². The fourth-order valence-electron chi connectivity index (χ4n) is 2.19. The zero-order chi connectivity index (χ0) is 15.3. The van der Waals surface area contributed by atoms with Crippen molar-refractivity contribution in [3.05, 3.63) is 29.3 Å². The molecule has 0 heterocycles. The van der Waals surface area contributed by atoms with Crippen molar-refractivity contribution in [1.82, 2.24) is 0 Å². The first-order chi connectivity index (χ1) is 9.33. The van der Waals surface area contributed by atoms with Crippen LogP contribution in [0.25, 0.3) is 0 Å². The van der Waals surface area contributed by atoms with Crippen LogP contribution in [0.1, 0.15) is 18.1 Å². The van der Waals surface area contributed by atoms with Gasteiger partial charge in [0.05, 0.1) is 12.7 Å². The number of halogens is 3. The van der Waals surface area contributed by atoms with Gasteiger partial charge in [-0.25, -0.2) is 0 Å². The quantitative estimate of drug-likeness (QED) is 0.846. The molecule has 0 aliphatic rings. The van der Waals surface area contributed by atoms with E-state index >= 15 is 0 Å². The summed E-state index contributed by atoms with van der Waals surface area (Å²) in [6.45, 7) is 2.77. The third-order valence-electron chi connectivity index (χ3n) is 3.56. The molecule has 1 aromatic carbocycles. The molecule has 0 aliphatic heterocycles. The minimum Gasteiger partial charge on any atom is -0.496 e. The summed E-state index contributed by atoms with van der Waals surface area (Å²) in [5.74, 6) is 0.620. The zero-order valence-corrected chi connectivity index (χ0v) is 11.7. The van der Waals surface area contributed by atoms with Crippen molar-refractivity contribution in [3.63, 3.8) is 0 Å². The van der Waals surface area contributed by atoms with Gasteiger partial charge >= 0.3 is 6.18 Å². The van der Waals surface area contributed by atoms with E-state index in [1.807, 2.05) is 6.92 Å². The molecule has 0 fully saturated rings. The van der Waals surface area contributed by atoms with Gasteiger partial charge in [-0.2, -0.15) is 13.2 Å². The first-order valence-electron chi connectivity index (χ1n) is 6.47. The molecule has 0 spiro atoms. The molecule has 1 unspecified atom stereocenters. The fraction of sp³-hybridized carbons (Fsp3) is 0.571. The van der Waals surface area contributed by atoms with E-state index in [1.165, 1.54) is 13.2 Å². The summed E-state index contributed by atoms with van der Waals surface area (Å²) in [6, 6.07) is 3.51. The molecule has 114 valence electrons. The van der Waals surface area contributed by atoms with Gasteiger partial charge in [-0.05, 0) is 55.1 Å². The van der Waals surface area contributed by atoms with Gasteiger partial charge in [0, 0.05) is 0 Å². The minimum absolute atomic E-state index is 0.0780. The monoisotopic (exact) mass is 290 g/mol. The van der Waals surface area contributed by atoms with Crippen molar-refractivity contribution in [2.45, 2.75) is 19.5 Å². The van der Waals surface area contributed by atoms with Gasteiger partial charge in [0.2, 0.25) is 0 Å². The Balaban J connectivity index is 3.02. The third kappa shape index (κ3) is 4.11. The van der Waals surface area contributed by atoms with Crippen LogP contribution < -0.4 is 16.2 Å². The maximum absolute atomic E-state index is 12.8. The molecular formula is C14H21F3N2O. The second-order valence-corrected chi connectivity index (χ2v) is 4.94. The van der Waals surface area contributed by atoms with E-state index in [2.05, 4.69) is 0 Å². The summed E-state index contributed by atoms with van der Waals surface area (Å²) in [6.07, 6.45) is -3.91. The van der Waals surface area contributed by atoms with Gasteiger partial charge in [-0.3, -0.25) is 0 Å². The highest BCUT2D eigenvalue weighted by molar-refractivity contribution is 5.38. The van der Waals surface area contributed by atoms with E-state index in [-0.39, 0.29) is 11.8 Å². The number of ether oxygens (including phenoxy) is 1. The first kappa shape index (κ1) is 16.8. The van der Waals surface area contributed by atoms with E-state index in [4.69, 9.17) is 16.2 Å². The van der Waals surface area contributed by atoms with Crippen LogP contribution in [0.3, 0.4) is 0 Å². The smallest absolute Gasteiger partial charge is 0.416 e. The molecule has 0 saturated heterocycles. The summed E-state index contributed by atoms with van der Waals surface area (Å²) < 4.78 is 43.4. The van der Waals surface area contributed by atoms with Crippen molar-refractivity contribution < 1.29 is 17.9 Å². The molecule has 4 N–H and O–H groups in total. The number of hydrogen-bond acceptors (Lipinski definition) is 3. The number of rotatable bonds is 6. The van der Waals surface area contributed by atoms with Gasteiger partial charge in [-0.1, -0.05) is 6.92 Å².